The van der Waals surface area contributed by atoms with Gasteiger partial charge in [0.25, 0.3) is 0 Å². The van der Waals surface area contributed by atoms with Gasteiger partial charge in [0.2, 0.25) is 6.29 Å². The van der Waals surface area contributed by atoms with Crippen LogP contribution in [-0.4, -0.2) is 12.4 Å². The van der Waals surface area contributed by atoms with Crippen molar-refractivity contribution in [3.05, 3.63) is 30.1 Å². The largest absolute Gasteiger partial charge is 0.482 e. The molecule has 0 N–H and O–H groups in total. The lowest BCUT2D eigenvalue weighted by atomic mass is 10.3. The third kappa shape index (κ3) is 2.34. The van der Waals surface area contributed by atoms with Gasteiger partial charge in [-0.15, -0.1) is 0 Å². The Morgan fingerprint density at radius 2 is 2.33 bits per heavy atom. The minimum absolute atomic E-state index is 0.339. The van der Waals surface area contributed by atoms with Crippen molar-refractivity contribution >= 4 is 6.29 Å². The second kappa shape index (κ2) is 3.85. The fraction of sp³-hybridized carbons (Fsp3) is 0.222. The highest BCUT2D eigenvalue weighted by molar-refractivity contribution is 5.56. The molecule has 0 heterocycles. The van der Waals surface area contributed by atoms with Gasteiger partial charge >= 0.3 is 0 Å². The topological polar surface area (TPSA) is 26.3 Å². The van der Waals surface area contributed by atoms with Gasteiger partial charge in [-0.25, -0.2) is 4.39 Å². The van der Waals surface area contributed by atoms with E-state index in [4.69, 9.17) is 4.74 Å². The fourth-order valence-electron chi connectivity index (χ4n) is 0.768. The fourth-order valence-corrected chi connectivity index (χ4v) is 0.768. The molecule has 0 aliphatic carbocycles. The summed E-state index contributed by atoms with van der Waals surface area (Å²) in [5.41, 5.74) is 0. The summed E-state index contributed by atoms with van der Waals surface area (Å²) < 4.78 is 17.5. The van der Waals surface area contributed by atoms with E-state index in [2.05, 4.69) is 0 Å². The first-order chi connectivity index (χ1) is 5.72. The van der Waals surface area contributed by atoms with Crippen LogP contribution in [0.4, 0.5) is 4.39 Å². The molecule has 0 bridgehead atoms. The van der Waals surface area contributed by atoms with Crippen LogP contribution >= 0.6 is 0 Å². The van der Waals surface area contributed by atoms with Crippen LogP contribution in [0.2, 0.25) is 0 Å². The van der Waals surface area contributed by atoms with E-state index < -0.39 is 6.10 Å². The molecule has 0 amide bonds. The minimum Gasteiger partial charge on any atom is -0.482 e. The molecule has 0 saturated carbocycles. The Morgan fingerprint density at radius 3 is 2.92 bits per heavy atom. The number of hydrogen-bond acceptors (Lipinski definition) is 2. The normalized spacial score (nSPS) is 12.2. The molecular weight excluding hydrogens is 159 g/mol. The van der Waals surface area contributed by atoms with Gasteiger partial charge in [0.15, 0.2) is 6.10 Å². The summed E-state index contributed by atoms with van der Waals surface area (Å²) in [5, 5.41) is 0. The Bertz CT molecular complexity index is 273. The van der Waals surface area contributed by atoms with Crippen LogP contribution in [0.1, 0.15) is 6.92 Å². The number of carbonyl (C=O) groups excluding carboxylic acids is 1. The number of ether oxygens (including phenoxy) is 1. The molecule has 1 atom stereocenters. The lowest BCUT2D eigenvalue weighted by Crippen LogP contribution is -2.12. The Morgan fingerprint density at radius 1 is 1.58 bits per heavy atom. The summed E-state index contributed by atoms with van der Waals surface area (Å²) in [6.45, 7) is 1.54. The average molecular weight is 167 g/mol. The molecule has 1 rings (SSSR count). The smallest absolute Gasteiger partial charge is 0.242 e. The molecule has 3 heteroatoms. The lowest BCUT2D eigenvalue weighted by Gasteiger charge is -2.06. The summed E-state index contributed by atoms with van der Waals surface area (Å²) in [4.78, 5) is 10.1. The van der Waals surface area contributed by atoms with E-state index in [1.807, 2.05) is 0 Å². The molecule has 12 heavy (non-hydrogen) atoms. The molecular formula is C9H8FO2. The van der Waals surface area contributed by atoms with Crippen LogP contribution in [0, 0.1) is 5.82 Å². The molecule has 0 aliphatic heterocycles. The molecule has 1 aromatic carbocycles. The van der Waals surface area contributed by atoms with Crippen molar-refractivity contribution in [2.45, 2.75) is 13.0 Å². The monoisotopic (exact) mass is 167 g/mol. The van der Waals surface area contributed by atoms with Crippen molar-refractivity contribution in [3.63, 3.8) is 0 Å². The second-order valence-corrected chi connectivity index (χ2v) is 2.34. The summed E-state index contributed by atoms with van der Waals surface area (Å²) in [6.07, 6.45) is 0.978. The molecule has 0 spiro atoms. The van der Waals surface area contributed by atoms with Crippen LogP contribution in [0.25, 0.3) is 0 Å². The molecule has 2 nitrogen and oxygen atoms in total. The first-order valence-electron chi connectivity index (χ1n) is 3.52. The summed E-state index contributed by atoms with van der Waals surface area (Å²) in [7, 11) is 0. The van der Waals surface area contributed by atoms with Crippen molar-refractivity contribution in [2.75, 3.05) is 0 Å². The quantitative estimate of drug-likeness (QED) is 0.684. The van der Waals surface area contributed by atoms with Crippen LogP contribution in [0.3, 0.4) is 0 Å². The van der Waals surface area contributed by atoms with E-state index in [1.165, 1.54) is 25.1 Å². The standard InChI is InChI=1S/C9H8FO2/c1-7(6-11)12-9-4-2-3-8(10)5-9/h2-5,7H,1H3. The van der Waals surface area contributed by atoms with Crippen LogP contribution in [0.5, 0.6) is 5.75 Å². The third-order valence-corrected chi connectivity index (χ3v) is 1.27. The van der Waals surface area contributed by atoms with Gasteiger partial charge in [-0.3, -0.25) is 4.79 Å². The molecule has 0 saturated heterocycles. The predicted octanol–water partition coefficient (Wildman–Crippen LogP) is 1.70. The first-order valence-corrected chi connectivity index (χ1v) is 3.52. The zero-order valence-corrected chi connectivity index (χ0v) is 6.58. The van der Waals surface area contributed by atoms with Crippen molar-refractivity contribution in [1.29, 1.82) is 0 Å². The van der Waals surface area contributed by atoms with Gasteiger partial charge in [0.05, 0.1) is 0 Å². The predicted molar refractivity (Wildman–Crippen MR) is 42.2 cm³/mol. The molecule has 1 unspecified atom stereocenters. The molecule has 0 fully saturated rings. The van der Waals surface area contributed by atoms with Crippen molar-refractivity contribution in [2.24, 2.45) is 0 Å². The maximum Gasteiger partial charge on any atom is 0.242 e. The minimum atomic E-state index is -0.660. The number of benzene rings is 1. The summed E-state index contributed by atoms with van der Waals surface area (Å²) in [5.74, 6) is -0.0450. The number of halogens is 1. The van der Waals surface area contributed by atoms with Gasteiger partial charge in [0, 0.05) is 6.07 Å². The number of rotatable bonds is 3. The highest BCUT2D eigenvalue weighted by Crippen LogP contribution is 2.12. The zero-order chi connectivity index (χ0) is 8.97. The maximum absolute atomic E-state index is 12.5. The molecule has 1 radical (unpaired) electrons. The highest BCUT2D eigenvalue weighted by Gasteiger charge is 2.02. The SMILES string of the molecule is CC([C]=O)Oc1cccc(F)c1. The molecule has 0 aliphatic rings. The van der Waals surface area contributed by atoms with Crippen molar-refractivity contribution in [3.8, 4) is 5.75 Å². The Balaban J connectivity index is 2.69. The van der Waals surface area contributed by atoms with Crippen LogP contribution in [0.15, 0.2) is 24.3 Å². The Labute approximate surface area is 70.0 Å². The Hall–Kier alpha value is -1.38. The van der Waals surface area contributed by atoms with E-state index in [0.717, 1.165) is 0 Å². The molecule has 0 aromatic heterocycles. The summed E-state index contributed by atoms with van der Waals surface area (Å²) in [6, 6.07) is 5.62. The van der Waals surface area contributed by atoms with E-state index in [0.29, 0.717) is 5.75 Å². The lowest BCUT2D eigenvalue weighted by molar-refractivity contribution is 0.277. The van der Waals surface area contributed by atoms with Crippen LogP contribution < -0.4 is 4.74 Å². The molecule has 1 aromatic rings. The Kier molecular flexibility index (Phi) is 2.80. The first kappa shape index (κ1) is 8.71. The second-order valence-electron chi connectivity index (χ2n) is 2.34. The van der Waals surface area contributed by atoms with Gasteiger partial charge < -0.3 is 4.74 Å². The van der Waals surface area contributed by atoms with E-state index in [1.54, 1.807) is 12.4 Å². The highest BCUT2D eigenvalue weighted by atomic mass is 19.1. The van der Waals surface area contributed by atoms with Crippen LogP contribution in [-0.2, 0) is 4.79 Å². The van der Waals surface area contributed by atoms with E-state index in [-0.39, 0.29) is 5.82 Å². The van der Waals surface area contributed by atoms with E-state index >= 15 is 0 Å². The van der Waals surface area contributed by atoms with Gasteiger partial charge in [-0.05, 0) is 19.1 Å². The third-order valence-electron chi connectivity index (χ3n) is 1.27. The van der Waals surface area contributed by atoms with Crippen molar-refractivity contribution < 1.29 is 13.9 Å². The van der Waals surface area contributed by atoms with Crippen molar-refractivity contribution in [1.82, 2.24) is 0 Å². The molecule has 63 valence electrons. The average Bonchev–Trinajstić information content (AvgIpc) is 2.04. The zero-order valence-electron chi connectivity index (χ0n) is 6.58. The van der Waals surface area contributed by atoms with Gasteiger partial charge in [-0.1, -0.05) is 6.07 Å². The maximum atomic E-state index is 12.5. The number of hydrogen-bond donors (Lipinski definition) is 0. The van der Waals surface area contributed by atoms with Gasteiger partial charge in [0.1, 0.15) is 11.6 Å². The van der Waals surface area contributed by atoms with Gasteiger partial charge in [-0.2, -0.15) is 0 Å². The van der Waals surface area contributed by atoms with E-state index in [9.17, 15) is 9.18 Å². The summed E-state index contributed by atoms with van der Waals surface area (Å²) >= 11 is 0.